The van der Waals surface area contributed by atoms with Crippen LogP contribution in [0, 0.1) is 5.92 Å². The first-order valence-corrected chi connectivity index (χ1v) is 13.7. The molecule has 1 aromatic heterocycles. The van der Waals surface area contributed by atoms with Crippen LogP contribution in [0.25, 0.3) is 0 Å². The first kappa shape index (κ1) is 28.1. The van der Waals surface area contributed by atoms with Gasteiger partial charge in [0.2, 0.25) is 9.84 Å². The largest absolute Gasteiger partial charge is 0.492 e. The highest BCUT2D eigenvalue weighted by atomic mass is 35.5. The second-order valence-corrected chi connectivity index (χ2v) is 11.1. The van der Waals surface area contributed by atoms with Crippen molar-refractivity contribution in [1.82, 2.24) is 9.55 Å². The first-order valence-electron chi connectivity index (χ1n) is 10.9. The van der Waals surface area contributed by atoms with Crippen molar-refractivity contribution in [2.75, 3.05) is 19.1 Å². The highest BCUT2D eigenvalue weighted by Gasteiger charge is 2.21. The van der Waals surface area contributed by atoms with Crippen LogP contribution < -0.4 is 9.47 Å². The summed E-state index contributed by atoms with van der Waals surface area (Å²) in [6, 6.07) is 8.38. The van der Waals surface area contributed by atoms with Gasteiger partial charge in [0.15, 0.2) is 0 Å². The summed E-state index contributed by atoms with van der Waals surface area (Å²) >= 11 is 18.3. The van der Waals surface area contributed by atoms with E-state index in [-0.39, 0.29) is 44.0 Å². The zero-order valence-electron chi connectivity index (χ0n) is 19.6. The zero-order valence-corrected chi connectivity index (χ0v) is 22.6. The number of carbonyl (C=O) groups excluding carboxylic acids is 1. The van der Waals surface area contributed by atoms with Gasteiger partial charge in [0.05, 0.1) is 38.7 Å². The Morgan fingerprint density at radius 1 is 1.03 bits per heavy atom. The molecule has 0 aliphatic heterocycles. The SMILES string of the molecule is CC(=O)O[C@H](CCl)COc1ccc(S(=O)(=O)c2ccc(OC[C@@H](C)Cn3ccnc3)c(Cl)c2)cc1Cl. The summed E-state index contributed by atoms with van der Waals surface area (Å²) in [5, 5.41) is 0.250. The Labute approximate surface area is 225 Å². The minimum atomic E-state index is -3.92. The highest BCUT2D eigenvalue weighted by molar-refractivity contribution is 7.91. The summed E-state index contributed by atoms with van der Waals surface area (Å²) in [6.07, 6.45) is 4.64. The van der Waals surface area contributed by atoms with Crippen molar-refractivity contribution >= 4 is 50.6 Å². The number of rotatable bonds is 12. The molecule has 0 radical (unpaired) electrons. The van der Waals surface area contributed by atoms with Crippen LogP contribution in [-0.4, -0.2) is 49.1 Å². The standard InChI is InChI=1S/C24H25Cl3N2O6S/c1-16(12-29-8-7-28-15-29)13-33-23-5-3-19(9-21(23)26)36(31,32)20-4-6-24(22(27)10-20)34-14-18(11-25)35-17(2)30/h3-10,15-16,18H,11-14H2,1-2H3/t16-,18+/m0/s1. The Balaban J connectivity index is 1.67. The molecule has 0 saturated carbocycles. The predicted octanol–water partition coefficient (Wildman–Crippen LogP) is 5.29. The van der Waals surface area contributed by atoms with Gasteiger partial charge in [0, 0.05) is 31.8 Å². The van der Waals surface area contributed by atoms with Gasteiger partial charge in [-0.3, -0.25) is 4.79 Å². The number of ether oxygens (including phenoxy) is 3. The Morgan fingerprint density at radius 2 is 1.61 bits per heavy atom. The molecule has 1 heterocycles. The molecular weight excluding hydrogens is 551 g/mol. The lowest BCUT2D eigenvalue weighted by molar-refractivity contribution is -0.146. The van der Waals surface area contributed by atoms with Gasteiger partial charge >= 0.3 is 5.97 Å². The van der Waals surface area contributed by atoms with E-state index >= 15 is 0 Å². The highest BCUT2D eigenvalue weighted by Crippen LogP contribution is 2.33. The van der Waals surface area contributed by atoms with Crippen molar-refractivity contribution in [2.24, 2.45) is 5.92 Å². The number of nitrogens with zero attached hydrogens (tertiary/aromatic N) is 2. The summed E-state index contributed by atoms with van der Waals surface area (Å²) in [7, 11) is -3.92. The van der Waals surface area contributed by atoms with E-state index in [2.05, 4.69) is 4.98 Å². The number of alkyl halides is 1. The van der Waals surface area contributed by atoms with Crippen LogP contribution in [0.5, 0.6) is 11.5 Å². The molecule has 0 spiro atoms. The third-order valence-electron chi connectivity index (χ3n) is 4.96. The Bertz CT molecular complexity index is 1290. The number of esters is 1. The molecule has 0 aliphatic rings. The van der Waals surface area contributed by atoms with Crippen molar-refractivity contribution in [2.45, 2.75) is 36.3 Å². The zero-order chi connectivity index (χ0) is 26.3. The quantitative estimate of drug-likeness (QED) is 0.214. The lowest BCUT2D eigenvalue weighted by Crippen LogP contribution is -2.25. The lowest BCUT2D eigenvalue weighted by Gasteiger charge is -2.16. The second kappa shape index (κ2) is 12.7. The predicted molar refractivity (Wildman–Crippen MR) is 137 cm³/mol. The number of benzene rings is 2. The molecule has 2 aromatic carbocycles. The maximum absolute atomic E-state index is 13.2. The summed E-state index contributed by atoms with van der Waals surface area (Å²) in [5.41, 5.74) is 0. The van der Waals surface area contributed by atoms with Crippen molar-refractivity contribution in [3.05, 3.63) is 65.2 Å². The minimum Gasteiger partial charge on any atom is -0.492 e. The number of carbonyl (C=O) groups is 1. The molecule has 0 unspecified atom stereocenters. The van der Waals surface area contributed by atoms with Crippen molar-refractivity contribution in [1.29, 1.82) is 0 Å². The van der Waals surface area contributed by atoms with Crippen molar-refractivity contribution < 1.29 is 27.4 Å². The molecule has 0 amide bonds. The van der Waals surface area contributed by atoms with Gasteiger partial charge in [0.1, 0.15) is 24.2 Å². The van der Waals surface area contributed by atoms with Crippen LogP contribution >= 0.6 is 34.8 Å². The fourth-order valence-corrected chi connectivity index (χ4v) is 5.30. The van der Waals surface area contributed by atoms with Crippen LogP contribution in [0.15, 0.2) is 64.9 Å². The number of imidazole rings is 1. The van der Waals surface area contributed by atoms with E-state index in [0.29, 0.717) is 12.4 Å². The first-order chi connectivity index (χ1) is 17.1. The fraction of sp³-hybridized carbons (Fsp3) is 0.333. The molecule has 3 rings (SSSR count). The van der Waals surface area contributed by atoms with E-state index < -0.39 is 21.9 Å². The average Bonchev–Trinajstić information content (AvgIpc) is 3.34. The van der Waals surface area contributed by atoms with E-state index in [1.165, 1.54) is 43.3 Å². The Morgan fingerprint density at radius 3 is 2.08 bits per heavy atom. The molecule has 8 nitrogen and oxygen atoms in total. The fourth-order valence-electron chi connectivity index (χ4n) is 3.23. The Hall–Kier alpha value is -2.46. The molecule has 36 heavy (non-hydrogen) atoms. The lowest BCUT2D eigenvalue weighted by atomic mass is 10.2. The monoisotopic (exact) mass is 574 g/mol. The summed E-state index contributed by atoms with van der Waals surface area (Å²) < 4.78 is 44.6. The number of aromatic nitrogens is 2. The van der Waals surface area contributed by atoms with Crippen LogP contribution in [0.3, 0.4) is 0 Å². The number of sulfone groups is 1. The van der Waals surface area contributed by atoms with E-state index in [9.17, 15) is 13.2 Å². The summed E-state index contributed by atoms with van der Waals surface area (Å²) in [6.45, 7) is 4.37. The van der Waals surface area contributed by atoms with Gasteiger partial charge in [-0.2, -0.15) is 0 Å². The number of hydrogen-bond acceptors (Lipinski definition) is 7. The molecular formula is C24H25Cl3N2O6S. The Kier molecular flexibility index (Phi) is 9.90. The van der Waals surface area contributed by atoms with E-state index in [1.54, 1.807) is 12.5 Å². The number of hydrogen-bond donors (Lipinski definition) is 0. The molecule has 3 aromatic rings. The molecule has 194 valence electrons. The van der Waals surface area contributed by atoms with Crippen LogP contribution in [0.1, 0.15) is 13.8 Å². The molecule has 0 saturated heterocycles. The molecule has 0 bridgehead atoms. The number of halogens is 3. The second-order valence-electron chi connectivity index (χ2n) is 8.06. The van der Waals surface area contributed by atoms with Gasteiger partial charge in [-0.1, -0.05) is 30.1 Å². The minimum absolute atomic E-state index is 0.00638. The smallest absolute Gasteiger partial charge is 0.303 e. The molecule has 0 aliphatic carbocycles. The van der Waals surface area contributed by atoms with Gasteiger partial charge in [-0.25, -0.2) is 13.4 Å². The van der Waals surface area contributed by atoms with Gasteiger partial charge in [0.25, 0.3) is 0 Å². The van der Waals surface area contributed by atoms with Gasteiger partial charge < -0.3 is 18.8 Å². The van der Waals surface area contributed by atoms with E-state index in [0.717, 1.165) is 6.54 Å². The third-order valence-corrected chi connectivity index (χ3v) is 7.65. The van der Waals surface area contributed by atoms with Gasteiger partial charge in [-0.15, -0.1) is 11.6 Å². The molecule has 0 fully saturated rings. The van der Waals surface area contributed by atoms with Crippen molar-refractivity contribution in [3.63, 3.8) is 0 Å². The summed E-state index contributed by atoms with van der Waals surface area (Å²) in [5.74, 6) is 0.334. The molecule has 0 N–H and O–H groups in total. The normalized spacial score (nSPS) is 13.1. The van der Waals surface area contributed by atoms with Crippen LogP contribution in [-0.2, 0) is 25.9 Å². The molecule has 2 atom stereocenters. The third kappa shape index (κ3) is 7.52. The maximum atomic E-state index is 13.2. The topological polar surface area (TPSA) is 96.7 Å². The molecule has 12 heteroatoms. The van der Waals surface area contributed by atoms with Crippen LogP contribution in [0.2, 0.25) is 10.0 Å². The van der Waals surface area contributed by atoms with E-state index in [4.69, 9.17) is 49.0 Å². The average molecular weight is 576 g/mol. The summed E-state index contributed by atoms with van der Waals surface area (Å²) in [4.78, 5) is 15.1. The maximum Gasteiger partial charge on any atom is 0.303 e. The van der Waals surface area contributed by atoms with E-state index in [1.807, 2.05) is 17.7 Å². The van der Waals surface area contributed by atoms with Crippen LogP contribution in [0.4, 0.5) is 0 Å². The van der Waals surface area contributed by atoms with Gasteiger partial charge in [-0.05, 0) is 36.4 Å². The van der Waals surface area contributed by atoms with Crippen molar-refractivity contribution in [3.8, 4) is 11.5 Å².